The minimum absolute atomic E-state index is 0.203. The number of benzene rings is 1. The third-order valence-corrected chi connectivity index (χ3v) is 2.22. The number of hydrogen-bond donors (Lipinski definition) is 2. The summed E-state index contributed by atoms with van der Waals surface area (Å²) in [6, 6.07) is 2.81. The second-order valence-corrected chi connectivity index (χ2v) is 3.69. The number of nitrogens with two attached hydrogens (primary N) is 1. The topological polar surface area (TPSA) is 81.4 Å². The first-order valence-corrected chi connectivity index (χ1v) is 5.48. The van der Waals surface area contributed by atoms with Gasteiger partial charge in [-0.25, -0.2) is 9.18 Å². The Kier molecular flexibility index (Phi) is 4.65. The summed E-state index contributed by atoms with van der Waals surface area (Å²) in [6.45, 7) is 3.33. The van der Waals surface area contributed by atoms with E-state index in [1.165, 1.54) is 19.1 Å². The van der Waals surface area contributed by atoms with Gasteiger partial charge in [0, 0.05) is 5.69 Å². The maximum absolute atomic E-state index is 13.4. The summed E-state index contributed by atoms with van der Waals surface area (Å²) in [7, 11) is 0. The maximum Gasteiger partial charge on any atom is 0.328 e. The maximum atomic E-state index is 13.4. The van der Waals surface area contributed by atoms with E-state index in [9.17, 15) is 14.0 Å². The fourth-order valence-electron chi connectivity index (χ4n) is 1.32. The first-order valence-electron chi connectivity index (χ1n) is 5.48. The summed E-state index contributed by atoms with van der Waals surface area (Å²) < 4.78 is 18.1. The van der Waals surface area contributed by atoms with Gasteiger partial charge in [0.25, 0.3) is 5.91 Å². The van der Waals surface area contributed by atoms with Crippen molar-refractivity contribution in [3.8, 4) is 0 Å². The number of nitrogen functional groups attached to an aromatic ring is 1. The van der Waals surface area contributed by atoms with Crippen LogP contribution in [0.25, 0.3) is 0 Å². The van der Waals surface area contributed by atoms with Crippen molar-refractivity contribution in [3.63, 3.8) is 0 Å². The zero-order valence-corrected chi connectivity index (χ0v) is 10.2. The van der Waals surface area contributed by atoms with Gasteiger partial charge in [-0.3, -0.25) is 4.79 Å². The fourth-order valence-corrected chi connectivity index (χ4v) is 1.32. The predicted octanol–water partition coefficient (Wildman–Crippen LogP) is 1.09. The first-order chi connectivity index (χ1) is 8.45. The van der Waals surface area contributed by atoms with Gasteiger partial charge in [-0.05, 0) is 32.0 Å². The molecule has 1 atom stereocenters. The average Bonchev–Trinajstić information content (AvgIpc) is 2.32. The molecule has 0 bridgehead atoms. The molecule has 1 aromatic rings. The quantitative estimate of drug-likeness (QED) is 0.622. The molecule has 0 fully saturated rings. The van der Waals surface area contributed by atoms with Gasteiger partial charge in [-0.2, -0.15) is 0 Å². The molecule has 1 rings (SSSR count). The average molecular weight is 254 g/mol. The van der Waals surface area contributed by atoms with Crippen molar-refractivity contribution in [2.75, 3.05) is 12.3 Å². The normalized spacial score (nSPS) is 11.7. The van der Waals surface area contributed by atoms with Gasteiger partial charge >= 0.3 is 5.97 Å². The predicted molar refractivity (Wildman–Crippen MR) is 64.4 cm³/mol. The molecule has 3 N–H and O–H groups in total. The molecule has 98 valence electrons. The zero-order chi connectivity index (χ0) is 13.7. The number of hydrogen-bond acceptors (Lipinski definition) is 4. The van der Waals surface area contributed by atoms with Crippen molar-refractivity contribution >= 4 is 17.6 Å². The van der Waals surface area contributed by atoms with Crippen LogP contribution in [0.15, 0.2) is 18.2 Å². The minimum Gasteiger partial charge on any atom is -0.464 e. The molecule has 0 aliphatic rings. The van der Waals surface area contributed by atoms with Crippen LogP contribution in [-0.4, -0.2) is 24.5 Å². The molecular weight excluding hydrogens is 239 g/mol. The summed E-state index contributed by atoms with van der Waals surface area (Å²) in [5.41, 5.74) is 5.53. The summed E-state index contributed by atoms with van der Waals surface area (Å²) in [5, 5.41) is 2.34. The number of anilines is 1. The smallest absolute Gasteiger partial charge is 0.328 e. The standard InChI is InChI=1S/C12H15FN2O3/c1-3-18-12(17)7(2)15-11(16)9-6-8(14)4-5-10(9)13/h4-7H,3,14H2,1-2H3,(H,15,16). The lowest BCUT2D eigenvalue weighted by molar-refractivity contribution is -0.144. The number of amides is 1. The number of esters is 1. The van der Waals surface area contributed by atoms with E-state index in [2.05, 4.69) is 5.32 Å². The molecule has 1 aromatic carbocycles. The van der Waals surface area contributed by atoms with Crippen molar-refractivity contribution in [3.05, 3.63) is 29.6 Å². The van der Waals surface area contributed by atoms with Crippen LogP contribution in [0.5, 0.6) is 0 Å². The van der Waals surface area contributed by atoms with Gasteiger partial charge < -0.3 is 15.8 Å². The van der Waals surface area contributed by atoms with Crippen LogP contribution >= 0.6 is 0 Å². The Morgan fingerprint density at radius 2 is 2.17 bits per heavy atom. The molecule has 0 spiro atoms. The van der Waals surface area contributed by atoms with Crippen molar-refractivity contribution in [1.82, 2.24) is 5.32 Å². The van der Waals surface area contributed by atoms with Gasteiger partial charge in [0.1, 0.15) is 11.9 Å². The molecule has 0 aliphatic heterocycles. The lowest BCUT2D eigenvalue weighted by Gasteiger charge is -2.13. The molecule has 1 amide bonds. The molecule has 0 radical (unpaired) electrons. The molecule has 0 saturated heterocycles. The van der Waals surface area contributed by atoms with Crippen LogP contribution in [-0.2, 0) is 9.53 Å². The third-order valence-electron chi connectivity index (χ3n) is 2.22. The van der Waals surface area contributed by atoms with Gasteiger partial charge in [0.15, 0.2) is 0 Å². The summed E-state index contributed by atoms with van der Waals surface area (Å²) in [6.07, 6.45) is 0. The van der Waals surface area contributed by atoms with Gasteiger partial charge in [0.2, 0.25) is 0 Å². The lowest BCUT2D eigenvalue weighted by atomic mass is 10.1. The zero-order valence-electron chi connectivity index (χ0n) is 10.2. The highest BCUT2D eigenvalue weighted by Crippen LogP contribution is 2.12. The number of nitrogens with one attached hydrogen (secondary N) is 1. The first kappa shape index (κ1) is 14.0. The fraction of sp³-hybridized carbons (Fsp3) is 0.333. The minimum atomic E-state index is -0.849. The van der Waals surface area contributed by atoms with E-state index in [0.29, 0.717) is 0 Å². The van der Waals surface area contributed by atoms with E-state index in [-0.39, 0.29) is 17.9 Å². The van der Waals surface area contributed by atoms with E-state index in [4.69, 9.17) is 10.5 Å². The Morgan fingerprint density at radius 1 is 1.50 bits per heavy atom. The van der Waals surface area contributed by atoms with E-state index in [1.54, 1.807) is 6.92 Å². The molecule has 6 heteroatoms. The van der Waals surface area contributed by atoms with Gasteiger partial charge in [0.05, 0.1) is 12.2 Å². The summed E-state index contributed by atoms with van der Waals surface area (Å²) in [5.74, 6) is -1.98. The number of carbonyl (C=O) groups is 2. The van der Waals surface area contributed by atoms with E-state index < -0.39 is 23.7 Å². The summed E-state index contributed by atoms with van der Waals surface area (Å²) >= 11 is 0. The Morgan fingerprint density at radius 3 is 2.78 bits per heavy atom. The Bertz CT molecular complexity index is 463. The molecule has 1 unspecified atom stereocenters. The Hall–Kier alpha value is -2.11. The molecule has 0 aromatic heterocycles. The highest BCUT2D eigenvalue weighted by molar-refractivity contribution is 5.97. The monoisotopic (exact) mass is 254 g/mol. The molecule has 18 heavy (non-hydrogen) atoms. The van der Waals surface area contributed by atoms with Crippen molar-refractivity contribution in [1.29, 1.82) is 0 Å². The van der Waals surface area contributed by atoms with Crippen molar-refractivity contribution in [2.45, 2.75) is 19.9 Å². The molecule has 0 saturated carbocycles. The number of ether oxygens (including phenoxy) is 1. The highest BCUT2D eigenvalue weighted by atomic mass is 19.1. The Labute approximate surface area is 104 Å². The van der Waals surface area contributed by atoms with E-state index in [0.717, 1.165) is 6.07 Å². The second kappa shape index (κ2) is 6.00. The van der Waals surface area contributed by atoms with Crippen molar-refractivity contribution in [2.24, 2.45) is 0 Å². The molecule has 5 nitrogen and oxygen atoms in total. The van der Waals surface area contributed by atoms with Crippen LogP contribution < -0.4 is 11.1 Å². The SMILES string of the molecule is CCOC(=O)C(C)NC(=O)c1cc(N)ccc1F. The van der Waals surface area contributed by atoms with E-state index >= 15 is 0 Å². The number of rotatable bonds is 4. The van der Waals surface area contributed by atoms with Crippen LogP contribution in [0.3, 0.4) is 0 Å². The highest BCUT2D eigenvalue weighted by Gasteiger charge is 2.19. The largest absolute Gasteiger partial charge is 0.464 e. The summed E-state index contributed by atoms with van der Waals surface area (Å²) in [4.78, 5) is 23.0. The van der Waals surface area contributed by atoms with Gasteiger partial charge in [-0.15, -0.1) is 0 Å². The van der Waals surface area contributed by atoms with Crippen LogP contribution in [0, 0.1) is 5.82 Å². The number of carbonyl (C=O) groups excluding carboxylic acids is 2. The number of halogens is 1. The molecule has 0 heterocycles. The van der Waals surface area contributed by atoms with Gasteiger partial charge in [-0.1, -0.05) is 0 Å². The third kappa shape index (κ3) is 3.44. The Balaban J connectivity index is 2.76. The van der Waals surface area contributed by atoms with Crippen LogP contribution in [0.2, 0.25) is 0 Å². The second-order valence-electron chi connectivity index (χ2n) is 3.69. The van der Waals surface area contributed by atoms with Crippen molar-refractivity contribution < 1.29 is 18.7 Å². The molecular formula is C12H15FN2O3. The van der Waals surface area contributed by atoms with E-state index in [1.807, 2.05) is 0 Å². The van der Waals surface area contributed by atoms with Crippen LogP contribution in [0.1, 0.15) is 24.2 Å². The molecule has 0 aliphatic carbocycles. The van der Waals surface area contributed by atoms with Crippen LogP contribution in [0.4, 0.5) is 10.1 Å². The lowest BCUT2D eigenvalue weighted by Crippen LogP contribution is -2.39.